The van der Waals surface area contributed by atoms with Gasteiger partial charge in [-0.3, -0.25) is 4.98 Å². The first-order valence-electron chi connectivity index (χ1n) is 4.84. The molecule has 0 aliphatic carbocycles. The van der Waals surface area contributed by atoms with Gasteiger partial charge >= 0.3 is 5.97 Å². The molecule has 2 aromatic rings. The lowest BCUT2D eigenvalue weighted by atomic mass is 10.1. The Morgan fingerprint density at radius 1 is 1.22 bits per heavy atom. The summed E-state index contributed by atoms with van der Waals surface area (Å²) in [5.74, 6) is -2.95. The normalized spacial score (nSPS) is 10.4. The SMILES string of the molecule is O=C(O)c1c(F)cnc(-c2ccc(F)cc2)c1Cl. The summed E-state index contributed by atoms with van der Waals surface area (Å²) >= 11 is 5.81. The largest absolute Gasteiger partial charge is 0.478 e. The number of rotatable bonds is 2. The van der Waals surface area contributed by atoms with E-state index in [4.69, 9.17) is 16.7 Å². The first-order chi connectivity index (χ1) is 8.50. The van der Waals surface area contributed by atoms with Crippen LogP contribution in [0.1, 0.15) is 10.4 Å². The molecule has 0 bridgehead atoms. The zero-order valence-electron chi connectivity index (χ0n) is 8.82. The van der Waals surface area contributed by atoms with E-state index in [1.54, 1.807) is 0 Å². The molecule has 1 aromatic carbocycles. The van der Waals surface area contributed by atoms with E-state index in [1.807, 2.05) is 0 Å². The smallest absolute Gasteiger partial charge is 0.340 e. The van der Waals surface area contributed by atoms with Gasteiger partial charge < -0.3 is 5.11 Å². The maximum absolute atomic E-state index is 13.3. The minimum Gasteiger partial charge on any atom is -0.478 e. The fraction of sp³-hybridized carbons (Fsp3) is 0. The molecule has 0 saturated carbocycles. The summed E-state index contributed by atoms with van der Waals surface area (Å²) in [6, 6.07) is 5.12. The maximum atomic E-state index is 13.3. The monoisotopic (exact) mass is 269 g/mol. The number of hydrogen-bond acceptors (Lipinski definition) is 2. The van der Waals surface area contributed by atoms with Crippen LogP contribution in [0.5, 0.6) is 0 Å². The van der Waals surface area contributed by atoms with Gasteiger partial charge in [-0.2, -0.15) is 0 Å². The van der Waals surface area contributed by atoms with Crippen LogP contribution in [0.2, 0.25) is 5.02 Å². The van der Waals surface area contributed by atoms with Gasteiger partial charge in [-0.05, 0) is 24.3 Å². The molecular weight excluding hydrogens is 264 g/mol. The van der Waals surface area contributed by atoms with E-state index in [2.05, 4.69) is 4.98 Å². The second-order valence-electron chi connectivity index (χ2n) is 3.46. The number of aromatic nitrogens is 1. The Balaban J connectivity index is 2.62. The summed E-state index contributed by atoms with van der Waals surface area (Å²) in [6.07, 6.45) is 0.772. The number of benzene rings is 1. The highest BCUT2D eigenvalue weighted by molar-refractivity contribution is 6.35. The second kappa shape index (κ2) is 4.70. The number of carboxylic acids is 1. The lowest BCUT2D eigenvalue weighted by molar-refractivity contribution is 0.0692. The molecular formula is C12H6ClF2NO2. The van der Waals surface area contributed by atoms with Crippen molar-refractivity contribution in [2.45, 2.75) is 0 Å². The van der Waals surface area contributed by atoms with Gasteiger partial charge in [0, 0.05) is 5.56 Å². The zero-order valence-corrected chi connectivity index (χ0v) is 9.58. The lowest BCUT2D eigenvalue weighted by Crippen LogP contribution is -2.04. The molecule has 1 heterocycles. The summed E-state index contributed by atoms with van der Waals surface area (Å²) < 4.78 is 26.0. The van der Waals surface area contributed by atoms with Crippen LogP contribution in [-0.2, 0) is 0 Å². The predicted octanol–water partition coefficient (Wildman–Crippen LogP) is 3.38. The minimum atomic E-state index is -1.48. The Bertz CT molecular complexity index is 614. The molecule has 0 spiro atoms. The van der Waals surface area contributed by atoms with Crippen LogP contribution < -0.4 is 0 Å². The molecule has 0 aliphatic rings. The van der Waals surface area contributed by atoms with Crippen molar-refractivity contribution in [2.75, 3.05) is 0 Å². The highest BCUT2D eigenvalue weighted by Crippen LogP contribution is 2.30. The van der Waals surface area contributed by atoms with Crippen molar-refractivity contribution in [3.8, 4) is 11.3 Å². The van der Waals surface area contributed by atoms with Crippen LogP contribution in [0.4, 0.5) is 8.78 Å². The Morgan fingerprint density at radius 2 is 1.83 bits per heavy atom. The van der Waals surface area contributed by atoms with E-state index < -0.39 is 23.2 Å². The van der Waals surface area contributed by atoms with Gasteiger partial charge in [-0.15, -0.1) is 0 Å². The summed E-state index contributed by atoms with van der Waals surface area (Å²) in [5, 5.41) is 8.54. The van der Waals surface area contributed by atoms with Gasteiger partial charge in [0.1, 0.15) is 11.4 Å². The number of halogens is 3. The fourth-order valence-corrected chi connectivity index (χ4v) is 1.80. The van der Waals surface area contributed by atoms with E-state index in [1.165, 1.54) is 24.3 Å². The average molecular weight is 270 g/mol. The second-order valence-corrected chi connectivity index (χ2v) is 3.83. The lowest BCUT2D eigenvalue weighted by Gasteiger charge is -2.07. The average Bonchev–Trinajstić information content (AvgIpc) is 2.30. The molecule has 1 aromatic heterocycles. The first-order valence-corrected chi connectivity index (χ1v) is 5.21. The van der Waals surface area contributed by atoms with Crippen LogP contribution >= 0.6 is 11.6 Å². The van der Waals surface area contributed by atoms with Crippen LogP contribution in [0.25, 0.3) is 11.3 Å². The molecule has 1 N–H and O–H groups in total. The van der Waals surface area contributed by atoms with Crippen molar-refractivity contribution >= 4 is 17.6 Å². The number of carboxylic acid groups (broad SMARTS) is 1. The Morgan fingerprint density at radius 3 is 2.39 bits per heavy atom. The first kappa shape index (κ1) is 12.4. The van der Waals surface area contributed by atoms with Crippen molar-refractivity contribution in [1.82, 2.24) is 4.98 Å². The molecule has 0 saturated heterocycles. The molecule has 0 amide bonds. The number of hydrogen-bond donors (Lipinski definition) is 1. The number of pyridine rings is 1. The fourth-order valence-electron chi connectivity index (χ4n) is 1.47. The summed E-state index contributed by atoms with van der Waals surface area (Å²) in [5.41, 5.74) is -0.148. The van der Waals surface area contributed by atoms with Gasteiger partial charge in [0.15, 0.2) is 5.82 Å². The molecule has 18 heavy (non-hydrogen) atoms. The third kappa shape index (κ3) is 2.17. The van der Waals surface area contributed by atoms with Crippen LogP contribution in [0.3, 0.4) is 0 Å². The van der Waals surface area contributed by atoms with Crippen molar-refractivity contribution in [2.24, 2.45) is 0 Å². The third-order valence-corrected chi connectivity index (χ3v) is 2.67. The van der Waals surface area contributed by atoms with Gasteiger partial charge in [0.25, 0.3) is 0 Å². The van der Waals surface area contributed by atoms with E-state index in [9.17, 15) is 13.6 Å². The molecule has 0 unspecified atom stereocenters. The molecule has 0 radical (unpaired) electrons. The van der Waals surface area contributed by atoms with Gasteiger partial charge in [0.2, 0.25) is 0 Å². The Hall–Kier alpha value is -2.01. The van der Waals surface area contributed by atoms with Gasteiger partial charge in [-0.25, -0.2) is 13.6 Å². The molecule has 0 aliphatic heterocycles. The Labute approximate surface area is 106 Å². The topological polar surface area (TPSA) is 50.2 Å². The van der Waals surface area contributed by atoms with Crippen molar-refractivity contribution in [3.05, 3.63) is 52.7 Å². The quantitative estimate of drug-likeness (QED) is 0.909. The van der Waals surface area contributed by atoms with Gasteiger partial charge in [-0.1, -0.05) is 11.6 Å². The van der Waals surface area contributed by atoms with E-state index in [0.29, 0.717) is 5.56 Å². The summed E-state index contributed by atoms with van der Waals surface area (Å²) in [7, 11) is 0. The summed E-state index contributed by atoms with van der Waals surface area (Å²) in [6.45, 7) is 0. The molecule has 6 heteroatoms. The van der Waals surface area contributed by atoms with Crippen molar-refractivity contribution in [3.63, 3.8) is 0 Å². The van der Waals surface area contributed by atoms with Crippen LogP contribution in [0.15, 0.2) is 30.5 Å². The predicted molar refractivity (Wildman–Crippen MR) is 61.6 cm³/mol. The number of carbonyl (C=O) groups is 1. The Kier molecular flexibility index (Phi) is 3.25. The van der Waals surface area contributed by atoms with Crippen molar-refractivity contribution < 1.29 is 18.7 Å². The highest BCUT2D eigenvalue weighted by Gasteiger charge is 2.20. The molecule has 3 nitrogen and oxygen atoms in total. The van der Waals surface area contributed by atoms with Gasteiger partial charge in [0.05, 0.1) is 16.9 Å². The number of aromatic carboxylic acids is 1. The van der Waals surface area contributed by atoms with Crippen LogP contribution in [0, 0.1) is 11.6 Å². The number of nitrogens with zero attached hydrogens (tertiary/aromatic N) is 1. The van der Waals surface area contributed by atoms with Crippen LogP contribution in [-0.4, -0.2) is 16.1 Å². The molecule has 0 atom stereocenters. The van der Waals surface area contributed by atoms with E-state index >= 15 is 0 Å². The van der Waals surface area contributed by atoms with E-state index in [-0.39, 0.29) is 10.7 Å². The molecule has 2 rings (SSSR count). The standard InChI is InChI=1S/C12H6ClF2NO2/c13-10-9(12(17)18)8(15)5-16-11(10)6-1-3-7(14)4-2-6/h1-5H,(H,17,18). The molecule has 92 valence electrons. The van der Waals surface area contributed by atoms with E-state index in [0.717, 1.165) is 6.20 Å². The zero-order chi connectivity index (χ0) is 13.3. The minimum absolute atomic E-state index is 0.0930. The van der Waals surface area contributed by atoms with Crippen molar-refractivity contribution in [1.29, 1.82) is 0 Å². The summed E-state index contributed by atoms with van der Waals surface area (Å²) in [4.78, 5) is 14.6. The maximum Gasteiger partial charge on any atom is 0.340 e. The third-order valence-electron chi connectivity index (χ3n) is 2.30. The highest BCUT2D eigenvalue weighted by atomic mass is 35.5. The molecule has 0 fully saturated rings.